The largest absolute Gasteiger partial charge is 0.471 e. The van der Waals surface area contributed by atoms with Crippen LogP contribution in [0.4, 0.5) is 4.39 Å². The Labute approximate surface area is 133 Å². The molecule has 2 saturated heterocycles. The van der Waals surface area contributed by atoms with E-state index in [1.54, 1.807) is 12.3 Å². The Morgan fingerprint density at radius 2 is 2.27 bits per heavy atom. The number of nitrogens with zero attached hydrogens (tertiary/aromatic N) is 2. The predicted octanol–water partition coefficient (Wildman–Crippen LogP) is 2.49. The summed E-state index contributed by atoms with van der Waals surface area (Å²) < 4.78 is 19.4. The maximum Gasteiger partial charge on any atom is 0.250 e. The fraction of sp³-hybridized carbons (Fsp3) is 0.625. The normalized spacial score (nSPS) is 26.6. The zero-order chi connectivity index (χ0) is 15.2. The third-order valence-corrected chi connectivity index (χ3v) is 6.48. The first kappa shape index (κ1) is 14.3. The maximum atomic E-state index is 13.6. The molecule has 4 nitrogen and oxygen atoms in total. The number of amides is 1. The average Bonchev–Trinajstić information content (AvgIpc) is 2.82. The molecule has 3 aliphatic rings. The van der Waals surface area contributed by atoms with Crippen LogP contribution in [0.25, 0.3) is 0 Å². The highest BCUT2D eigenvalue weighted by atomic mass is 32.2. The van der Waals surface area contributed by atoms with Gasteiger partial charge < -0.3 is 9.64 Å². The molecule has 0 bridgehead atoms. The zero-order valence-electron chi connectivity index (χ0n) is 12.3. The first-order valence-corrected chi connectivity index (χ1v) is 8.84. The number of thioether (sulfide) groups is 1. The van der Waals surface area contributed by atoms with Crippen molar-refractivity contribution in [1.29, 1.82) is 0 Å². The van der Waals surface area contributed by atoms with Gasteiger partial charge in [0.2, 0.25) is 5.91 Å². The molecule has 1 amide bonds. The Kier molecular flexibility index (Phi) is 3.51. The lowest BCUT2D eigenvalue weighted by molar-refractivity contribution is -0.143. The van der Waals surface area contributed by atoms with Crippen LogP contribution in [0, 0.1) is 11.7 Å². The smallest absolute Gasteiger partial charge is 0.250 e. The van der Waals surface area contributed by atoms with Crippen LogP contribution in [0.2, 0.25) is 0 Å². The van der Waals surface area contributed by atoms with E-state index >= 15 is 0 Å². The van der Waals surface area contributed by atoms with Crippen LogP contribution >= 0.6 is 11.8 Å². The summed E-state index contributed by atoms with van der Waals surface area (Å²) in [5, 5.41) is 0. The summed E-state index contributed by atoms with van der Waals surface area (Å²) in [5.74, 6) is 1.12. The van der Waals surface area contributed by atoms with E-state index in [-0.39, 0.29) is 22.6 Å². The van der Waals surface area contributed by atoms with E-state index in [4.69, 9.17) is 4.74 Å². The van der Waals surface area contributed by atoms with Crippen molar-refractivity contribution in [2.24, 2.45) is 5.92 Å². The van der Waals surface area contributed by atoms with Crippen molar-refractivity contribution in [2.45, 2.75) is 36.5 Å². The molecule has 3 fully saturated rings. The van der Waals surface area contributed by atoms with Crippen LogP contribution in [0.1, 0.15) is 25.7 Å². The van der Waals surface area contributed by atoms with E-state index in [1.807, 2.05) is 16.7 Å². The molecule has 3 heterocycles. The number of carbonyl (C=O) groups is 1. The Balaban J connectivity index is 1.32. The number of carbonyl (C=O) groups excluding carboxylic acids is 1. The number of hydrogen-bond donors (Lipinski definition) is 0. The van der Waals surface area contributed by atoms with Crippen molar-refractivity contribution in [3.8, 4) is 5.88 Å². The van der Waals surface area contributed by atoms with Crippen LogP contribution in [0.3, 0.4) is 0 Å². The Morgan fingerprint density at radius 3 is 2.95 bits per heavy atom. The van der Waals surface area contributed by atoms with Crippen LogP contribution in [0.5, 0.6) is 5.88 Å². The van der Waals surface area contributed by atoms with Gasteiger partial charge >= 0.3 is 0 Å². The van der Waals surface area contributed by atoms with Crippen molar-refractivity contribution >= 4 is 17.7 Å². The molecule has 0 radical (unpaired) electrons. The van der Waals surface area contributed by atoms with E-state index in [0.717, 1.165) is 38.1 Å². The quantitative estimate of drug-likeness (QED) is 0.857. The van der Waals surface area contributed by atoms with Crippen molar-refractivity contribution < 1.29 is 13.9 Å². The molecular formula is C16H19FN2O2S. The molecule has 2 aliphatic heterocycles. The van der Waals surface area contributed by atoms with Crippen LogP contribution in [0.15, 0.2) is 18.3 Å². The number of rotatable bonds is 3. The number of hydrogen-bond acceptors (Lipinski definition) is 4. The van der Waals surface area contributed by atoms with Gasteiger partial charge in [0.1, 0.15) is 6.10 Å². The summed E-state index contributed by atoms with van der Waals surface area (Å²) in [6.07, 6.45) is 5.69. The first-order chi connectivity index (χ1) is 10.7. The fourth-order valence-corrected chi connectivity index (χ4v) is 4.96. The highest BCUT2D eigenvalue weighted by Crippen LogP contribution is 2.47. The van der Waals surface area contributed by atoms with E-state index in [0.29, 0.717) is 5.91 Å². The zero-order valence-corrected chi connectivity index (χ0v) is 13.2. The van der Waals surface area contributed by atoms with Crippen molar-refractivity contribution in [3.05, 3.63) is 24.1 Å². The monoisotopic (exact) mass is 322 g/mol. The van der Waals surface area contributed by atoms with Gasteiger partial charge in [0, 0.05) is 37.4 Å². The van der Waals surface area contributed by atoms with Gasteiger partial charge in [-0.25, -0.2) is 9.37 Å². The number of halogens is 1. The molecular weight excluding hydrogens is 303 g/mol. The number of aromatic nitrogens is 1. The van der Waals surface area contributed by atoms with E-state index in [9.17, 15) is 9.18 Å². The fourth-order valence-electron chi connectivity index (χ4n) is 3.43. The number of ether oxygens (including phenoxy) is 1. The highest BCUT2D eigenvalue weighted by Gasteiger charge is 2.52. The molecule has 0 aromatic carbocycles. The van der Waals surface area contributed by atoms with Crippen LogP contribution < -0.4 is 4.74 Å². The first-order valence-electron chi connectivity index (χ1n) is 7.85. The van der Waals surface area contributed by atoms with E-state index in [2.05, 4.69) is 4.98 Å². The van der Waals surface area contributed by atoms with Gasteiger partial charge in [-0.2, -0.15) is 0 Å². The van der Waals surface area contributed by atoms with E-state index < -0.39 is 5.82 Å². The maximum absolute atomic E-state index is 13.6. The summed E-state index contributed by atoms with van der Waals surface area (Å²) in [6, 6.07) is 2.92. The summed E-state index contributed by atoms with van der Waals surface area (Å²) in [5.41, 5.74) is 0. The van der Waals surface area contributed by atoms with Gasteiger partial charge in [-0.15, -0.1) is 11.8 Å². The van der Waals surface area contributed by atoms with Crippen molar-refractivity contribution in [3.63, 3.8) is 0 Å². The molecule has 1 aliphatic carbocycles. The molecule has 6 heteroatoms. The lowest BCUT2D eigenvalue weighted by Crippen LogP contribution is -2.62. The molecule has 0 N–H and O–H groups in total. The number of pyridine rings is 1. The minimum atomic E-state index is -0.413. The predicted molar refractivity (Wildman–Crippen MR) is 82.3 cm³/mol. The Morgan fingerprint density at radius 1 is 1.45 bits per heavy atom. The summed E-state index contributed by atoms with van der Waals surface area (Å²) in [6.45, 7) is 1.63. The van der Waals surface area contributed by atoms with Crippen LogP contribution in [-0.4, -0.2) is 45.5 Å². The second kappa shape index (κ2) is 5.41. The molecule has 118 valence electrons. The SMILES string of the molecule is O=C(C1CCC1)N1CC2(CC(Oc3ncccc3F)CS2)C1. The topological polar surface area (TPSA) is 42.4 Å². The number of likely N-dealkylation sites (tertiary alicyclic amines) is 1. The lowest BCUT2D eigenvalue weighted by Gasteiger charge is -2.49. The second-order valence-corrected chi connectivity index (χ2v) is 8.04. The van der Waals surface area contributed by atoms with Gasteiger partial charge in [-0.1, -0.05) is 6.42 Å². The Bertz CT molecular complexity index is 587. The average molecular weight is 322 g/mol. The Hall–Kier alpha value is -1.30. The van der Waals surface area contributed by atoms with Gasteiger partial charge in [-0.05, 0) is 25.0 Å². The van der Waals surface area contributed by atoms with Crippen molar-refractivity contribution in [1.82, 2.24) is 9.88 Å². The van der Waals surface area contributed by atoms with Crippen molar-refractivity contribution in [2.75, 3.05) is 18.8 Å². The molecule has 1 spiro atoms. The van der Waals surface area contributed by atoms with Gasteiger partial charge in [0.15, 0.2) is 5.82 Å². The second-order valence-electron chi connectivity index (χ2n) is 6.55. The third-order valence-electron chi connectivity index (χ3n) is 4.90. The standard InChI is InChI=1S/C16H19FN2O2S/c17-13-5-2-6-18-14(13)21-12-7-16(22-8-12)9-19(10-16)15(20)11-3-1-4-11/h2,5-6,11-12H,1,3-4,7-10H2. The molecule has 1 atom stereocenters. The van der Waals surface area contributed by atoms with Gasteiger partial charge in [-0.3, -0.25) is 4.79 Å². The van der Waals surface area contributed by atoms with E-state index in [1.165, 1.54) is 12.5 Å². The van der Waals surface area contributed by atoms with Gasteiger partial charge in [0.05, 0.1) is 4.75 Å². The molecule has 4 rings (SSSR count). The molecule has 1 aromatic rings. The highest BCUT2D eigenvalue weighted by molar-refractivity contribution is 8.01. The van der Waals surface area contributed by atoms with Gasteiger partial charge in [0.25, 0.3) is 5.88 Å². The molecule has 1 aromatic heterocycles. The molecule has 1 unspecified atom stereocenters. The van der Waals surface area contributed by atoms with Crippen LogP contribution in [-0.2, 0) is 4.79 Å². The summed E-state index contributed by atoms with van der Waals surface area (Å²) >= 11 is 1.85. The summed E-state index contributed by atoms with van der Waals surface area (Å²) in [4.78, 5) is 18.1. The minimum Gasteiger partial charge on any atom is -0.471 e. The summed E-state index contributed by atoms with van der Waals surface area (Å²) in [7, 11) is 0. The lowest BCUT2D eigenvalue weighted by atomic mass is 9.82. The third kappa shape index (κ3) is 2.47. The molecule has 22 heavy (non-hydrogen) atoms. The minimum absolute atomic E-state index is 0.0182. The molecule has 1 saturated carbocycles.